The van der Waals surface area contributed by atoms with Crippen LogP contribution in [0.5, 0.6) is 5.75 Å². The van der Waals surface area contributed by atoms with Gasteiger partial charge < -0.3 is 14.1 Å². The molecule has 1 aromatic heterocycles. The topological polar surface area (TPSA) is 45.9 Å². The lowest BCUT2D eigenvalue weighted by Crippen LogP contribution is -2.35. The molecule has 3 aromatic rings. The highest BCUT2D eigenvalue weighted by molar-refractivity contribution is 9.10. The molecule has 0 aliphatic carbocycles. The summed E-state index contributed by atoms with van der Waals surface area (Å²) in [7, 11) is 1.68. The molecular formula is C23H25BrN2O3. The summed E-state index contributed by atoms with van der Waals surface area (Å²) in [6, 6.07) is 14.0. The van der Waals surface area contributed by atoms with Gasteiger partial charge in [-0.25, -0.2) is 0 Å². The number of furan rings is 1. The van der Waals surface area contributed by atoms with Crippen molar-refractivity contribution in [2.45, 2.75) is 19.9 Å². The number of carbonyl (C=O) groups is 1. The molecule has 0 saturated carbocycles. The number of benzene rings is 2. The summed E-state index contributed by atoms with van der Waals surface area (Å²) in [5.74, 6) is 1.32. The maximum absolute atomic E-state index is 13.2. The minimum Gasteiger partial charge on any atom is -0.497 e. The number of ether oxygens (including phenoxy) is 1. The normalized spacial score (nSPS) is 15.5. The van der Waals surface area contributed by atoms with Crippen molar-refractivity contribution in [3.05, 3.63) is 63.8 Å². The molecule has 1 aliphatic heterocycles. The Morgan fingerprint density at radius 3 is 2.66 bits per heavy atom. The lowest BCUT2D eigenvalue weighted by molar-refractivity contribution is 0.0730. The van der Waals surface area contributed by atoms with Crippen LogP contribution in [0, 0.1) is 6.92 Å². The van der Waals surface area contributed by atoms with Gasteiger partial charge in [-0.2, -0.15) is 0 Å². The average molecular weight is 457 g/mol. The number of aryl methyl sites for hydroxylation is 1. The highest BCUT2D eigenvalue weighted by Crippen LogP contribution is 2.29. The summed E-state index contributed by atoms with van der Waals surface area (Å²) in [4.78, 5) is 17.5. The van der Waals surface area contributed by atoms with E-state index >= 15 is 0 Å². The van der Waals surface area contributed by atoms with E-state index in [0.29, 0.717) is 12.3 Å². The highest BCUT2D eigenvalue weighted by atomic mass is 79.9. The van der Waals surface area contributed by atoms with Gasteiger partial charge in [-0.1, -0.05) is 28.1 Å². The molecule has 29 heavy (non-hydrogen) atoms. The molecule has 1 saturated heterocycles. The fourth-order valence-corrected chi connectivity index (χ4v) is 4.22. The molecule has 5 nitrogen and oxygen atoms in total. The fraction of sp³-hybridized carbons (Fsp3) is 0.348. The van der Waals surface area contributed by atoms with Gasteiger partial charge in [0.2, 0.25) is 0 Å². The lowest BCUT2D eigenvalue weighted by Gasteiger charge is -2.21. The summed E-state index contributed by atoms with van der Waals surface area (Å²) in [5, 5.41) is 0.985. The molecule has 1 aliphatic rings. The number of hydrogen-bond acceptors (Lipinski definition) is 4. The average Bonchev–Trinajstić information content (AvgIpc) is 2.90. The summed E-state index contributed by atoms with van der Waals surface area (Å²) in [6.07, 6.45) is 0.951. The van der Waals surface area contributed by atoms with Crippen molar-refractivity contribution in [2.75, 3.05) is 33.3 Å². The quantitative estimate of drug-likeness (QED) is 0.562. The van der Waals surface area contributed by atoms with Crippen molar-refractivity contribution in [3.8, 4) is 5.75 Å². The van der Waals surface area contributed by atoms with E-state index < -0.39 is 0 Å². The van der Waals surface area contributed by atoms with E-state index in [-0.39, 0.29) is 5.91 Å². The molecule has 4 rings (SSSR count). The number of hydrogen-bond donors (Lipinski definition) is 0. The monoisotopic (exact) mass is 456 g/mol. The lowest BCUT2D eigenvalue weighted by atomic mass is 10.1. The summed E-state index contributed by atoms with van der Waals surface area (Å²) in [5.41, 5.74) is 2.92. The maximum Gasteiger partial charge on any atom is 0.289 e. The van der Waals surface area contributed by atoms with Gasteiger partial charge in [0.15, 0.2) is 5.76 Å². The van der Waals surface area contributed by atoms with Crippen LogP contribution in [0.4, 0.5) is 0 Å². The number of methoxy groups -OCH3 is 1. The van der Waals surface area contributed by atoms with Gasteiger partial charge in [0, 0.05) is 48.1 Å². The standard InChI is InChI=1S/C23H25BrN2O3/c1-16-20-14-18(24)6-9-21(20)29-22(16)23(27)26-11-3-10-25(12-13-26)15-17-4-7-19(28-2)8-5-17/h4-9,14H,3,10-13,15H2,1-2H3. The van der Waals surface area contributed by atoms with Gasteiger partial charge in [0.05, 0.1) is 7.11 Å². The van der Waals surface area contributed by atoms with Crippen LogP contribution in [0.2, 0.25) is 0 Å². The van der Waals surface area contributed by atoms with Crippen molar-refractivity contribution < 1.29 is 13.9 Å². The van der Waals surface area contributed by atoms with Gasteiger partial charge in [-0.3, -0.25) is 9.69 Å². The molecule has 2 aromatic carbocycles. The third-order valence-electron chi connectivity index (χ3n) is 5.53. The van der Waals surface area contributed by atoms with Gasteiger partial charge in [-0.05, 0) is 49.2 Å². The zero-order valence-electron chi connectivity index (χ0n) is 16.8. The molecule has 0 spiro atoms. The van der Waals surface area contributed by atoms with Crippen molar-refractivity contribution in [2.24, 2.45) is 0 Å². The SMILES string of the molecule is COc1ccc(CN2CCCN(C(=O)c3oc4ccc(Br)cc4c3C)CC2)cc1. The summed E-state index contributed by atoms with van der Waals surface area (Å²) < 4.78 is 12.1. The Hall–Kier alpha value is -2.31. The second-order valence-corrected chi connectivity index (χ2v) is 8.38. The van der Waals surface area contributed by atoms with Gasteiger partial charge in [-0.15, -0.1) is 0 Å². The van der Waals surface area contributed by atoms with Crippen LogP contribution in [-0.2, 0) is 6.54 Å². The molecule has 0 atom stereocenters. The van der Waals surface area contributed by atoms with Crippen molar-refractivity contribution >= 4 is 32.8 Å². The first-order valence-electron chi connectivity index (χ1n) is 9.88. The largest absolute Gasteiger partial charge is 0.497 e. The molecule has 0 N–H and O–H groups in total. The maximum atomic E-state index is 13.2. The predicted octanol–water partition coefficient (Wildman–Crippen LogP) is 4.86. The highest BCUT2D eigenvalue weighted by Gasteiger charge is 2.25. The van der Waals surface area contributed by atoms with Crippen LogP contribution in [0.3, 0.4) is 0 Å². The zero-order valence-corrected chi connectivity index (χ0v) is 18.4. The minimum atomic E-state index is -0.0129. The second kappa shape index (κ2) is 8.59. The molecule has 1 fully saturated rings. The van der Waals surface area contributed by atoms with Gasteiger partial charge in [0.25, 0.3) is 5.91 Å². The molecule has 0 radical (unpaired) electrons. The Morgan fingerprint density at radius 1 is 1.10 bits per heavy atom. The predicted molar refractivity (Wildman–Crippen MR) is 117 cm³/mol. The van der Waals surface area contributed by atoms with E-state index in [4.69, 9.17) is 9.15 Å². The Labute approximate surface area is 179 Å². The van der Waals surface area contributed by atoms with Crippen LogP contribution >= 0.6 is 15.9 Å². The van der Waals surface area contributed by atoms with Crippen LogP contribution in [0.15, 0.2) is 51.4 Å². The number of carbonyl (C=O) groups excluding carboxylic acids is 1. The van der Waals surface area contributed by atoms with Crippen LogP contribution in [0.1, 0.15) is 28.1 Å². The van der Waals surface area contributed by atoms with E-state index in [1.54, 1.807) is 7.11 Å². The number of nitrogens with zero attached hydrogens (tertiary/aromatic N) is 2. The van der Waals surface area contributed by atoms with Crippen LogP contribution in [0.25, 0.3) is 11.0 Å². The molecule has 152 valence electrons. The summed E-state index contributed by atoms with van der Waals surface area (Å²) >= 11 is 3.49. The zero-order chi connectivity index (χ0) is 20.4. The number of amides is 1. The number of fused-ring (bicyclic) bond motifs is 1. The second-order valence-electron chi connectivity index (χ2n) is 7.47. The Kier molecular flexibility index (Phi) is 5.92. The Morgan fingerprint density at radius 2 is 1.90 bits per heavy atom. The Bertz CT molecular complexity index is 1010. The first-order valence-corrected chi connectivity index (χ1v) is 10.7. The minimum absolute atomic E-state index is 0.0129. The van der Waals surface area contributed by atoms with E-state index in [2.05, 4.69) is 33.0 Å². The van der Waals surface area contributed by atoms with E-state index in [9.17, 15) is 4.79 Å². The third kappa shape index (κ3) is 4.33. The van der Waals surface area contributed by atoms with Crippen molar-refractivity contribution in [1.29, 1.82) is 0 Å². The van der Waals surface area contributed by atoms with Crippen molar-refractivity contribution in [3.63, 3.8) is 0 Å². The van der Waals surface area contributed by atoms with Crippen molar-refractivity contribution in [1.82, 2.24) is 9.80 Å². The molecule has 0 bridgehead atoms. The van der Waals surface area contributed by atoms with Gasteiger partial charge in [0.1, 0.15) is 11.3 Å². The molecule has 0 unspecified atom stereocenters. The first-order chi connectivity index (χ1) is 14.0. The van der Waals surface area contributed by atoms with E-state index in [0.717, 1.165) is 59.4 Å². The van der Waals surface area contributed by atoms with Crippen LogP contribution < -0.4 is 4.74 Å². The summed E-state index contributed by atoms with van der Waals surface area (Å²) in [6.45, 7) is 6.11. The molecular weight excluding hydrogens is 432 g/mol. The number of rotatable bonds is 4. The first kappa shape index (κ1) is 20.0. The molecule has 2 heterocycles. The fourth-order valence-electron chi connectivity index (χ4n) is 3.86. The third-order valence-corrected chi connectivity index (χ3v) is 6.03. The Balaban J connectivity index is 1.44. The van der Waals surface area contributed by atoms with E-state index in [1.807, 2.05) is 42.2 Å². The smallest absolute Gasteiger partial charge is 0.289 e. The molecule has 1 amide bonds. The van der Waals surface area contributed by atoms with Crippen LogP contribution in [-0.4, -0.2) is 49.0 Å². The molecule has 6 heteroatoms. The number of halogens is 1. The van der Waals surface area contributed by atoms with E-state index in [1.165, 1.54) is 5.56 Å². The van der Waals surface area contributed by atoms with Gasteiger partial charge >= 0.3 is 0 Å².